The highest BCUT2D eigenvalue weighted by atomic mass is 35.5. The molecule has 152 valence electrons. The van der Waals surface area contributed by atoms with Crippen molar-refractivity contribution in [3.63, 3.8) is 0 Å². The first-order valence-electron chi connectivity index (χ1n) is 10.1. The van der Waals surface area contributed by atoms with Gasteiger partial charge in [0.1, 0.15) is 0 Å². The Bertz CT molecular complexity index is 1270. The summed E-state index contributed by atoms with van der Waals surface area (Å²) >= 11 is 6.18. The number of carbonyl (C=O) groups excluding carboxylic acids is 1. The average molecular weight is 419 g/mol. The number of hydrogen-bond acceptors (Lipinski definition) is 3. The maximum atomic E-state index is 12.3. The fourth-order valence-corrected chi connectivity index (χ4v) is 4.48. The number of rotatable bonds is 3. The van der Waals surface area contributed by atoms with Crippen LogP contribution in [0.4, 0.5) is 5.69 Å². The van der Waals surface area contributed by atoms with Gasteiger partial charge in [-0.25, -0.2) is 0 Å². The van der Waals surface area contributed by atoms with Crippen molar-refractivity contribution in [3.05, 3.63) is 65.2 Å². The zero-order valence-corrected chi connectivity index (χ0v) is 17.5. The van der Waals surface area contributed by atoms with Crippen molar-refractivity contribution >= 4 is 45.0 Å². The second kappa shape index (κ2) is 7.35. The average Bonchev–Trinajstić information content (AvgIpc) is 3.11. The minimum atomic E-state index is -0.449. The smallest absolute Gasteiger partial charge is 0.250 e. The third-order valence-corrected chi connectivity index (χ3v) is 6.22. The van der Waals surface area contributed by atoms with Crippen molar-refractivity contribution < 1.29 is 4.79 Å². The molecule has 5 rings (SSSR count). The second-order valence-electron chi connectivity index (χ2n) is 7.97. The quantitative estimate of drug-likeness (QED) is 0.515. The number of H-pyrrole nitrogens is 1. The first kappa shape index (κ1) is 19.0. The van der Waals surface area contributed by atoms with Crippen molar-refractivity contribution in [1.29, 1.82) is 0 Å². The SMILES string of the molecule is CN1CCN(c2ccc3c(c2)[nH]c2c(C(N)=O)cc(-c4cccc(Cl)c4)cc23)CC1. The standard InChI is InChI=1S/C24H23ClN4O/c1-28-7-9-29(10-8-28)18-5-6-19-20-12-16(15-3-2-4-17(25)11-15)13-21(24(26)30)23(20)27-22(19)14-18/h2-6,11-14,27H,7-10H2,1H3,(H2,26,30). The first-order chi connectivity index (χ1) is 14.5. The Kier molecular flexibility index (Phi) is 4.65. The lowest BCUT2D eigenvalue weighted by molar-refractivity contribution is 0.100. The van der Waals surface area contributed by atoms with Gasteiger partial charge in [-0.05, 0) is 54.6 Å². The number of hydrogen-bond donors (Lipinski definition) is 2. The monoisotopic (exact) mass is 418 g/mol. The zero-order chi connectivity index (χ0) is 20.8. The Morgan fingerprint density at radius 1 is 0.967 bits per heavy atom. The number of aromatic nitrogens is 1. The molecule has 1 fully saturated rings. The predicted molar refractivity (Wildman–Crippen MR) is 124 cm³/mol. The van der Waals surface area contributed by atoms with Crippen LogP contribution in [0.15, 0.2) is 54.6 Å². The van der Waals surface area contributed by atoms with E-state index in [4.69, 9.17) is 17.3 Å². The van der Waals surface area contributed by atoms with Crippen LogP contribution < -0.4 is 10.6 Å². The molecule has 1 aromatic heterocycles. The van der Waals surface area contributed by atoms with Crippen LogP contribution in [-0.4, -0.2) is 49.0 Å². The number of piperazine rings is 1. The maximum Gasteiger partial charge on any atom is 0.250 e. The lowest BCUT2D eigenvalue weighted by Crippen LogP contribution is -2.44. The van der Waals surface area contributed by atoms with Gasteiger partial charge >= 0.3 is 0 Å². The van der Waals surface area contributed by atoms with Gasteiger partial charge in [0.25, 0.3) is 5.91 Å². The molecule has 0 bridgehead atoms. The molecule has 6 heteroatoms. The first-order valence-corrected chi connectivity index (χ1v) is 10.5. The van der Waals surface area contributed by atoms with Crippen LogP contribution in [0.3, 0.4) is 0 Å². The van der Waals surface area contributed by atoms with Gasteiger partial charge in [-0.15, -0.1) is 0 Å². The van der Waals surface area contributed by atoms with E-state index in [0.29, 0.717) is 10.6 Å². The highest BCUT2D eigenvalue weighted by Crippen LogP contribution is 2.35. The molecule has 0 aliphatic carbocycles. The summed E-state index contributed by atoms with van der Waals surface area (Å²) in [7, 11) is 2.15. The van der Waals surface area contributed by atoms with E-state index in [9.17, 15) is 4.79 Å². The van der Waals surface area contributed by atoms with E-state index >= 15 is 0 Å². The number of nitrogens with two attached hydrogens (primary N) is 1. The van der Waals surface area contributed by atoms with Crippen LogP contribution in [0.2, 0.25) is 5.02 Å². The van der Waals surface area contributed by atoms with Crippen molar-refractivity contribution in [2.45, 2.75) is 0 Å². The van der Waals surface area contributed by atoms with Gasteiger partial charge in [0.2, 0.25) is 0 Å². The number of halogens is 1. The number of nitrogens with one attached hydrogen (secondary N) is 1. The Hall–Kier alpha value is -3.02. The van der Waals surface area contributed by atoms with E-state index in [1.54, 1.807) is 0 Å². The van der Waals surface area contributed by atoms with Crippen molar-refractivity contribution in [3.8, 4) is 11.1 Å². The fourth-order valence-electron chi connectivity index (χ4n) is 4.28. The predicted octanol–water partition coefficient (Wildman–Crippen LogP) is 4.49. The van der Waals surface area contributed by atoms with Crippen molar-refractivity contribution in [2.75, 3.05) is 38.1 Å². The highest BCUT2D eigenvalue weighted by molar-refractivity contribution is 6.30. The summed E-state index contributed by atoms with van der Waals surface area (Å²) in [5, 5.41) is 2.72. The third-order valence-electron chi connectivity index (χ3n) is 5.98. The van der Waals surface area contributed by atoms with Gasteiger partial charge in [-0.3, -0.25) is 4.79 Å². The van der Waals surface area contributed by atoms with Crippen LogP contribution in [-0.2, 0) is 0 Å². The molecule has 0 saturated carbocycles. The van der Waals surface area contributed by atoms with Crippen LogP contribution in [0.25, 0.3) is 32.9 Å². The largest absolute Gasteiger partial charge is 0.369 e. The van der Waals surface area contributed by atoms with Crippen molar-refractivity contribution in [1.82, 2.24) is 9.88 Å². The van der Waals surface area contributed by atoms with E-state index in [2.05, 4.69) is 46.1 Å². The molecule has 5 nitrogen and oxygen atoms in total. The number of nitrogens with zero attached hydrogens (tertiary/aromatic N) is 2. The van der Waals surface area contributed by atoms with E-state index in [1.807, 2.05) is 30.3 Å². The summed E-state index contributed by atoms with van der Waals surface area (Å²) in [5.41, 5.74) is 11.1. The molecule has 0 radical (unpaired) electrons. The van der Waals surface area contributed by atoms with Gasteiger partial charge in [0.05, 0.1) is 11.1 Å². The summed E-state index contributed by atoms with van der Waals surface area (Å²) in [6.45, 7) is 4.13. The molecule has 1 saturated heterocycles. The van der Waals surface area contributed by atoms with Crippen LogP contribution in [0, 0.1) is 0 Å². The normalized spacial score (nSPS) is 15.2. The summed E-state index contributed by atoms with van der Waals surface area (Å²) in [4.78, 5) is 20.4. The molecule has 1 aliphatic heterocycles. The minimum Gasteiger partial charge on any atom is -0.369 e. The van der Waals surface area contributed by atoms with Gasteiger partial charge in [0.15, 0.2) is 0 Å². The van der Waals surface area contributed by atoms with E-state index in [1.165, 1.54) is 5.69 Å². The lowest BCUT2D eigenvalue weighted by Gasteiger charge is -2.34. The molecular weight excluding hydrogens is 396 g/mol. The molecule has 1 amide bonds. The van der Waals surface area contributed by atoms with E-state index < -0.39 is 5.91 Å². The van der Waals surface area contributed by atoms with Crippen LogP contribution in [0.1, 0.15) is 10.4 Å². The number of anilines is 1. The number of fused-ring (bicyclic) bond motifs is 3. The topological polar surface area (TPSA) is 65.4 Å². The molecule has 3 aromatic carbocycles. The number of carbonyl (C=O) groups is 1. The second-order valence-corrected chi connectivity index (χ2v) is 8.40. The molecule has 4 aromatic rings. The van der Waals surface area contributed by atoms with Gasteiger partial charge < -0.3 is 20.5 Å². The molecular formula is C24H23ClN4O. The van der Waals surface area contributed by atoms with Crippen molar-refractivity contribution in [2.24, 2.45) is 5.73 Å². The third kappa shape index (κ3) is 3.30. The van der Waals surface area contributed by atoms with Gasteiger partial charge in [-0.1, -0.05) is 29.8 Å². The summed E-state index contributed by atoms with van der Waals surface area (Å²) < 4.78 is 0. The lowest BCUT2D eigenvalue weighted by atomic mass is 9.99. The summed E-state index contributed by atoms with van der Waals surface area (Å²) in [5.74, 6) is -0.449. The molecule has 0 atom stereocenters. The van der Waals surface area contributed by atoms with E-state index in [0.717, 1.165) is 59.1 Å². The highest BCUT2D eigenvalue weighted by Gasteiger charge is 2.18. The molecule has 30 heavy (non-hydrogen) atoms. The summed E-state index contributed by atoms with van der Waals surface area (Å²) in [6, 6.07) is 18.0. The molecule has 3 N–H and O–H groups in total. The fraction of sp³-hybridized carbons (Fsp3) is 0.208. The number of primary amides is 1. The number of aromatic amines is 1. The molecule has 1 aliphatic rings. The van der Waals surface area contributed by atoms with Crippen LogP contribution in [0.5, 0.6) is 0 Å². The number of benzene rings is 3. The number of amides is 1. The minimum absolute atomic E-state index is 0.449. The zero-order valence-electron chi connectivity index (χ0n) is 16.8. The number of likely N-dealkylation sites (N-methyl/N-ethyl adjacent to an activating group) is 1. The Morgan fingerprint density at radius 2 is 1.77 bits per heavy atom. The van der Waals surface area contributed by atoms with Gasteiger partial charge in [-0.2, -0.15) is 0 Å². The molecule has 2 heterocycles. The van der Waals surface area contributed by atoms with Gasteiger partial charge in [0, 0.05) is 53.2 Å². The Labute approximate surface area is 180 Å². The summed E-state index contributed by atoms with van der Waals surface area (Å²) in [6.07, 6.45) is 0. The molecule has 0 unspecified atom stereocenters. The Balaban J connectivity index is 1.67. The molecule has 0 spiro atoms. The maximum absolute atomic E-state index is 12.3. The Morgan fingerprint density at radius 3 is 2.50 bits per heavy atom. The van der Waals surface area contributed by atoms with E-state index in [-0.39, 0.29) is 0 Å². The van der Waals surface area contributed by atoms with Crippen LogP contribution >= 0.6 is 11.6 Å².